The molecule has 2 rings (SSSR count). The van der Waals surface area contributed by atoms with Crippen LogP contribution in [-0.2, 0) is 17.4 Å². The topological polar surface area (TPSA) is 29.1 Å². The Labute approximate surface area is 89.8 Å². The molecule has 0 unspecified atom stereocenters. The number of anilines is 1. The minimum absolute atomic E-state index is 0.382. The summed E-state index contributed by atoms with van der Waals surface area (Å²) < 4.78 is 37.2. The molecule has 0 amide bonds. The average molecular weight is 227 g/mol. The molecule has 0 saturated heterocycles. The molecule has 16 heavy (non-hydrogen) atoms. The molecule has 1 aliphatic rings. The number of carbonyl (C=O) groups excluding carboxylic acids is 1. The first-order chi connectivity index (χ1) is 7.50. The van der Waals surface area contributed by atoms with Gasteiger partial charge in [-0.05, 0) is 30.2 Å². The van der Waals surface area contributed by atoms with E-state index in [9.17, 15) is 18.0 Å². The number of halogens is 3. The molecule has 1 heterocycles. The normalized spacial score (nSPS) is 15.1. The molecule has 0 aliphatic carbocycles. The standard InChI is InChI=1S/C11H8F3NO/c12-11(13,14)8-2-4-10-7(5-8)1-3-9(6-16)15-10/h2,4-5,15H,1,3H2. The highest BCUT2D eigenvalue weighted by atomic mass is 19.4. The lowest BCUT2D eigenvalue weighted by molar-refractivity contribution is -0.137. The number of rotatable bonds is 0. The van der Waals surface area contributed by atoms with E-state index in [1.807, 2.05) is 0 Å². The number of benzene rings is 1. The van der Waals surface area contributed by atoms with E-state index in [2.05, 4.69) is 5.32 Å². The highest BCUT2D eigenvalue weighted by Crippen LogP contribution is 2.34. The molecule has 0 saturated carbocycles. The number of aryl methyl sites for hydroxylation is 1. The lowest BCUT2D eigenvalue weighted by Gasteiger charge is -2.19. The monoisotopic (exact) mass is 227 g/mol. The summed E-state index contributed by atoms with van der Waals surface area (Å²) in [5.41, 5.74) is 0.852. The summed E-state index contributed by atoms with van der Waals surface area (Å²) in [6, 6.07) is 3.46. The Kier molecular flexibility index (Phi) is 2.48. The maximum Gasteiger partial charge on any atom is 0.416 e. The second kappa shape index (κ2) is 3.68. The summed E-state index contributed by atoms with van der Waals surface area (Å²) in [5, 5.41) is 2.75. The Morgan fingerprint density at radius 3 is 2.62 bits per heavy atom. The zero-order valence-electron chi connectivity index (χ0n) is 8.19. The van der Waals surface area contributed by atoms with E-state index in [0.717, 1.165) is 12.1 Å². The Hall–Kier alpha value is -1.74. The summed E-state index contributed by atoms with van der Waals surface area (Å²) in [6.07, 6.45) is -3.50. The van der Waals surface area contributed by atoms with Crippen LogP contribution in [0.25, 0.3) is 0 Å². The molecule has 0 radical (unpaired) electrons. The lowest BCUT2D eigenvalue weighted by Crippen LogP contribution is -2.13. The van der Waals surface area contributed by atoms with Crippen molar-refractivity contribution in [3.8, 4) is 0 Å². The molecule has 1 aromatic carbocycles. The molecule has 0 spiro atoms. The first-order valence-electron chi connectivity index (χ1n) is 4.72. The summed E-state index contributed by atoms with van der Waals surface area (Å²) in [7, 11) is 0. The maximum atomic E-state index is 12.4. The van der Waals surface area contributed by atoms with Crippen molar-refractivity contribution < 1.29 is 18.0 Å². The van der Waals surface area contributed by atoms with Gasteiger partial charge in [0.1, 0.15) is 11.6 Å². The van der Waals surface area contributed by atoms with E-state index < -0.39 is 11.7 Å². The van der Waals surface area contributed by atoms with Crippen molar-refractivity contribution in [2.75, 3.05) is 5.32 Å². The van der Waals surface area contributed by atoms with Crippen molar-refractivity contribution in [3.05, 3.63) is 35.0 Å². The Morgan fingerprint density at radius 1 is 1.25 bits per heavy atom. The molecule has 1 aromatic rings. The van der Waals surface area contributed by atoms with Gasteiger partial charge in [0.2, 0.25) is 0 Å². The van der Waals surface area contributed by atoms with Crippen LogP contribution in [0, 0.1) is 0 Å². The number of alkyl halides is 3. The van der Waals surface area contributed by atoms with Gasteiger partial charge >= 0.3 is 6.18 Å². The van der Waals surface area contributed by atoms with Crippen LogP contribution in [0.4, 0.5) is 18.9 Å². The minimum Gasteiger partial charge on any atom is -0.350 e. The molecule has 0 aromatic heterocycles. The predicted octanol–water partition coefficient (Wildman–Crippen LogP) is 2.78. The van der Waals surface area contributed by atoms with Crippen LogP contribution in [0.1, 0.15) is 17.5 Å². The third kappa shape index (κ3) is 1.95. The van der Waals surface area contributed by atoms with Crippen LogP contribution >= 0.6 is 0 Å². The molecular formula is C11H8F3NO. The van der Waals surface area contributed by atoms with Gasteiger partial charge in [-0.2, -0.15) is 13.2 Å². The zero-order chi connectivity index (χ0) is 11.8. The highest BCUT2D eigenvalue weighted by Gasteiger charge is 2.31. The predicted molar refractivity (Wildman–Crippen MR) is 52.6 cm³/mol. The van der Waals surface area contributed by atoms with Gasteiger partial charge in [-0.1, -0.05) is 0 Å². The maximum absolute atomic E-state index is 12.4. The van der Waals surface area contributed by atoms with Crippen molar-refractivity contribution in [1.82, 2.24) is 0 Å². The number of allylic oxidation sites excluding steroid dienone is 1. The van der Waals surface area contributed by atoms with Crippen LogP contribution in [0.2, 0.25) is 0 Å². The van der Waals surface area contributed by atoms with Gasteiger partial charge in [0, 0.05) is 12.1 Å². The molecule has 0 atom stereocenters. The zero-order valence-corrected chi connectivity index (χ0v) is 8.19. The molecule has 84 valence electrons. The Morgan fingerprint density at radius 2 is 2.00 bits per heavy atom. The van der Waals surface area contributed by atoms with Crippen molar-refractivity contribution >= 4 is 11.6 Å². The van der Waals surface area contributed by atoms with Gasteiger partial charge in [0.15, 0.2) is 0 Å². The fourth-order valence-corrected chi connectivity index (χ4v) is 1.66. The van der Waals surface area contributed by atoms with Crippen LogP contribution in [0.15, 0.2) is 23.9 Å². The van der Waals surface area contributed by atoms with Gasteiger partial charge in [-0.25, -0.2) is 4.79 Å². The molecule has 0 fully saturated rings. The van der Waals surface area contributed by atoms with Crippen LogP contribution < -0.4 is 5.32 Å². The van der Waals surface area contributed by atoms with Crippen molar-refractivity contribution in [2.45, 2.75) is 19.0 Å². The third-order valence-electron chi connectivity index (χ3n) is 2.49. The smallest absolute Gasteiger partial charge is 0.350 e. The van der Waals surface area contributed by atoms with Gasteiger partial charge in [-0.15, -0.1) is 0 Å². The van der Waals surface area contributed by atoms with Gasteiger partial charge in [-0.3, -0.25) is 0 Å². The molecule has 5 heteroatoms. The van der Waals surface area contributed by atoms with E-state index in [-0.39, 0.29) is 0 Å². The van der Waals surface area contributed by atoms with Gasteiger partial charge in [0.25, 0.3) is 0 Å². The Balaban J connectivity index is 2.39. The quantitative estimate of drug-likeness (QED) is 0.690. The fourth-order valence-electron chi connectivity index (χ4n) is 1.66. The van der Waals surface area contributed by atoms with E-state index in [0.29, 0.717) is 29.8 Å². The number of hydrogen-bond acceptors (Lipinski definition) is 2. The third-order valence-corrected chi connectivity index (χ3v) is 2.49. The summed E-state index contributed by atoms with van der Waals surface area (Å²) in [6.45, 7) is 0. The minimum atomic E-state index is -4.32. The second-order valence-electron chi connectivity index (χ2n) is 3.58. The molecular weight excluding hydrogens is 219 g/mol. The Bertz CT molecular complexity index is 473. The molecule has 1 N–H and O–H groups in total. The van der Waals surface area contributed by atoms with E-state index >= 15 is 0 Å². The fraction of sp³-hybridized carbons (Fsp3) is 0.273. The van der Waals surface area contributed by atoms with Crippen LogP contribution in [0.5, 0.6) is 0 Å². The largest absolute Gasteiger partial charge is 0.416 e. The van der Waals surface area contributed by atoms with Crippen LogP contribution in [0.3, 0.4) is 0 Å². The summed E-state index contributed by atoms with van der Waals surface area (Å²) in [5.74, 6) is 1.72. The van der Waals surface area contributed by atoms with Crippen molar-refractivity contribution in [3.63, 3.8) is 0 Å². The van der Waals surface area contributed by atoms with Gasteiger partial charge in [0.05, 0.1) is 5.56 Å². The van der Waals surface area contributed by atoms with Crippen LogP contribution in [-0.4, -0.2) is 5.94 Å². The first kappa shape index (κ1) is 10.8. The highest BCUT2D eigenvalue weighted by molar-refractivity contribution is 5.67. The number of nitrogens with one attached hydrogen (secondary N) is 1. The first-order valence-corrected chi connectivity index (χ1v) is 4.72. The number of fused-ring (bicyclic) bond motifs is 1. The molecule has 1 aliphatic heterocycles. The van der Waals surface area contributed by atoms with E-state index in [1.54, 1.807) is 5.94 Å². The van der Waals surface area contributed by atoms with Crippen molar-refractivity contribution in [2.24, 2.45) is 0 Å². The SMILES string of the molecule is O=C=C1CCc2cc(C(F)(F)F)ccc2N1. The van der Waals surface area contributed by atoms with E-state index in [1.165, 1.54) is 6.07 Å². The van der Waals surface area contributed by atoms with Crippen molar-refractivity contribution in [1.29, 1.82) is 0 Å². The summed E-state index contributed by atoms with van der Waals surface area (Å²) >= 11 is 0. The van der Waals surface area contributed by atoms with Gasteiger partial charge < -0.3 is 5.32 Å². The molecule has 2 nitrogen and oxygen atoms in total. The average Bonchev–Trinajstić information content (AvgIpc) is 2.26. The summed E-state index contributed by atoms with van der Waals surface area (Å²) in [4.78, 5) is 10.4. The second-order valence-corrected chi connectivity index (χ2v) is 3.58. The van der Waals surface area contributed by atoms with E-state index in [4.69, 9.17) is 0 Å². The molecule has 0 bridgehead atoms. The lowest BCUT2D eigenvalue weighted by atomic mass is 9.99. The number of hydrogen-bond donors (Lipinski definition) is 1.